The van der Waals surface area contributed by atoms with Crippen LogP contribution in [0.5, 0.6) is 5.88 Å². The maximum absolute atomic E-state index is 12.4. The Hall–Kier alpha value is -2.97. The van der Waals surface area contributed by atoms with Crippen molar-refractivity contribution < 1.29 is 17.9 Å². The van der Waals surface area contributed by atoms with Gasteiger partial charge in [-0.05, 0) is 28.5 Å². The standard InChI is InChI=1S/C20H21N3O4S/c1-27-20-9-6-15(14-22-20)13-21-19(24)10-11-23-28(25,26)18-8-7-16-4-2-3-5-17(16)12-18/h2-9,12,14,23H,10-11,13H2,1H3,(H,21,24). The molecule has 1 amide bonds. The quantitative estimate of drug-likeness (QED) is 0.605. The first kappa shape index (κ1) is 19.8. The van der Waals surface area contributed by atoms with Crippen LogP contribution in [0, 0.1) is 0 Å². The van der Waals surface area contributed by atoms with E-state index < -0.39 is 10.0 Å². The predicted molar refractivity (Wildman–Crippen MR) is 106 cm³/mol. The maximum atomic E-state index is 12.4. The molecule has 0 aliphatic heterocycles. The molecular weight excluding hydrogens is 378 g/mol. The molecule has 0 saturated heterocycles. The molecule has 28 heavy (non-hydrogen) atoms. The topological polar surface area (TPSA) is 97.4 Å². The van der Waals surface area contributed by atoms with Gasteiger partial charge in [0.1, 0.15) is 0 Å². The number of sulfonamides is 1. The maximum Gasteiger partial charge on any atom is 0.240 e. The molecule has 0 fully saturated rings. The molecule has 0 aliphatic carbocycles. The molecule has 0 bridgehead atoms. The van der Waals surface area contributed by atoms with E-state index >= 15 is 0 Å². The molecule has 3 rings (SSSR count). The number of fused-ring (bicyclic) bond motifs is 1. The highest BCUT2D eigenvalue weighted by atomic mass is 32.2. The van der Waals surface area contributed by atoms with Gasteiger partial charge in [0.25, 0.3) is 0 Å². The van der Waals surface area contributed by atoms with Crippen LogP contribution in [-0.4, -0.2) is 33.0 Å². The van der Waals surface area contributed by atoms with Gasteiger partial charge in [-0.25, -0.2) is 18.1 Å². The molecule has 1 heterocycles. The third kappa shape index (κ3) is 5.05. The molecule has 0 atom stereocenters. The second-order valence-electron chi connectivity index (χ2n) is 6.14. The van der Waals surface area contributed by atoms with Crippen LogP contribution in [0.25, 0.3) is 10.8 Å². The molecule has 0 saturated carbocycles. The van der Waals surface area contributed by atoms with Crippen LogP contribution in [0.1, 0.15) is 12.0 Å². The van der Waals surface area contributed by atoms with Gasteiger partial charge in [0, 0.05) is 31.8 Å². The normalized spacial score (nSPS) is 11.3. The van der Waals surface area contributed by atoms with Crippen molar-refractivity contribution in [2.24, 2.45) is 0 Å². The first-order chi connectivity index (χ1) is 13.5. The third-order valence-corrected chi connectivity index (χ3v) is 5.63. The van der Waals surface area contributed by atoms with Gasteiger partial charge in [0.05, 0.1) is 12.0 Å². The molecular formula is C20H21N3O4S. The number of benzene rings is 2. The van der Waals surface area contributed by atoms with Crippen LogP contribution in [0.4, 0.5) is 0 Å². The van der Waals surface area contributed by atoms with Crippen LogP contribution in [-0.2, 0) is 21.4 Å². The second-order valence-corrected chi connectivity index (χ2v) is 7.91. The first-order valence-electron chi connectivity index (χ1n) is 8.72. The summed E-state index contributed by atoms with van der Waals surface area (Å²) in [7, 11) is -2.15. The van der Waals surface area contributed by atoms with E-state index in [0.717, 1.165) is 16.3 Å². The van der Waals surface area contributed by atoms with Crippen molar-refractivity contribution in [3.05, 3.63) is 66.4 Å². The molecule has 8 heteroatoms. The van der Waals surface area contributed by atoms with Gasteiger partial charge >= 0.3 is 0 Å². The molecule has 1 aromatic heterocycles. The Morgan fingerprint density at radius 3 is 2.57 bits per heavy atom. The van der Waals surface area contributed by atoms with Crippen molar-refractivity contribution in [3.8, 4) is 5.88 Å². The van der Waals surface area contributed by atoms with Crippen molar-refractivity contribution >= 4 is 26.7 Å². The number of nitrogens with zero attached hydrogens (tertiary/aromatic N) is 1. The van der Waals surface area contributed by atoms with Crippen LogP contribution in [0.3, 0.4) is 0 Å². The van der Waals surface area contributed by atoms with Crippen LogP contribution in [0.15, 0.2) is 65.7 Å². The summed E-state index contributed by atoms with van der Waals surface area (Å²) in [5.41, 5.74) is 0.825. The highest BCUT2D eigenvalue weighted by Crippen LogP contribution is 2.18. The third-order valence-electron chi connectivity index (χ3n) is 4.17. The van der Waals surface area contributed by atoms with Gasteiger partial charge in [-0.15, -0.1) is 0 Å². The number of hydrogen-bond acceptors (Lipinski definition) is 5. The van der Waals surface area contributed by atoms with Gasteiger partial charge in [-0.1, -0.05) is 36.4 Å². The number of ether oxygens (including phenoxy) is 1. The van der Waals surface area contributed by atoms with Gasteiger partial charge < -0.3 is 10.1 Å². The summed E-state index contributed by atoms with van der Waals surface area (Å²) in [5.74, 6) is 0.246. The fraction of sp³-hybridized carbons (Fsp3) is 0.200. The Morgan fingerprint density at radius 1 is 1.07 bits per heavy atom. The monoisotopic (exact) mass is 399 g/mol. The number of nitrogens with one attached hydrogen (secondary N) is 2. The summed E-state index contributed by atoms with van der Waals surface area (Å²) in [4.78, 5) is 16.2. The average Bonchev–Trinajstić information content (AvgIpc) is 2.72. The van der Waals surface area contributed by atoms with Crippen molar-refractivity contribution in [2.45, 2.75) is 17.9 Å². The molecule has 2 aromatic carbocycles. The number of carbonyl (C=O) groups is 1. The summed E-state index contributed by atoms with van der Waals surface area (Å²) in [6, 6.07) is 16.0. The lowest BCUT2D eigenvalue weighted by atomic mass is 10.1. The van der Waals surface area contributed by atoms with Crippen LogP contribution >= 0.6 is 0 Å². The SMILES string of the molecule is COc1ccc(CNC(=O)CCNS(=O)(=O)c2ccc3ccccc3c2)cn1. The Morgan fingerprint density at radius 2 is 1.86 bits per heavy atom. The summed E-state index contributed by atoms with van der Waals surface area (Å²) < 4.78 is 32.3. The molecule has 0 unspecified atom stereocenters. The van der Waals surface area contributed by atoms with E-state index in [1.165, 1.54) is 7.11 Å². The lowest BCUT2D eigenvalue weighted by Crippen LogP contribution is -2.30. The van der Waals surface area contributed by atoms with E-state index in [0.29, 0.717) is 12.4 Å². The minimum Gasteiger partial charge on any atom is -0.481 e. The van der Waals surface area contributed by atoms with Crippen molar-refractivity contribution in [2.75, 3.05) is 13.7 Å². The highest BCUT2D eigenvalue weighted by molar-refractivity contribution is 7.89. The van der Waals surface area contributed by atoms with E-state index in [2.05, 4.69) is 15.0 Å². The Kier molecular flexibility index (Phi) is 6.23. The van der Waals surface area contributed by atoms with E-state index in [1.54, 1.807) is 36.5 Å². The largest absolute Gasteiger partial charge is 0.481 e. The Balaban J connectivity index is 1.50. The Bertz CT molecular complexity index is 1070. The number of rotatable bonds is 8. The fourth-order valence-corrected chi connectivity index (χ4v) is 3.71. The lowest BCUT2D eigenvalue weighted by Gasteiger charge is -2.09. The van der Waals surface area contributed by atoms with Crippen molar-refractivity contribution in [3.63, 3.8) is 0 Å². The summed E-state index contributed by atoms with van der Waals surface area (Å²) >= 11 is 0. The van der Waals surface area contributed by atoms with Gasteiger partial charge in [0.15, 0.2) is 0 Å². The predicted octanol–water partition coefficient (Wildman–Crippen LogP) is 2.23. The number of amides is 1. The second kappa shape index (κ2) is 8.81. The minimum atomic E-state index is -3.68. The van der Waals surface area contributed by atoms with Crippen LogP contribution in [0.2, 0.25) is 0 Å². The van der Waals surface area contributed by atoms with E-state index in [9.17, 15) is 13.2 Å². The molecule has 0 spiro atoms. The van der Waals surface area contributed by atoms with Gasteiger partial charge in [-0.3, -0.25) is 4.79 Å². The lowest BCUT2D eigenvalue weighted by molar-refractivity contribution is -0.121. The average molecular weight is 399 g/mol. The summed E-state index contributed by atoms with van der Waals surface area (Å²) in [5, 5.41) is 4.54. The number of carbonyl (C=O) groups excluding carboxylic acids is 1. The zero-order valence-corrected chi connectivity index (χ0v) is 16.2. The Labute approximate surface area is 163 Å². The van der Waals surface area contributed by atoms with E-state index in [1.807, 2.05) is 24.3 Å². The zero-order valence-electron chi connectivity index (χ0n) is 15.4. The smallest absolute Gasteiger partial charge is 0.240 e. The molecule has 3 aromatic rings. The summed E-state index contributed by atoms with van der Waals surface area (Å²) in [6.45, 7) is 0.328. The number of pyridine rings is 1. The van der Waals surface area contributed by atoms with Crippen LogP contribution < -0.4 is 14.8 Å². The minimum absolute atomic E-state index is 0.0157. The highest BCUT2D eigenvalue weighted by Gasteiger charge is 2.14. The van der Waals surface area contributed by atoms with E-state index in [4.69, 9.17) is 4.74 Å². The zero-order chi connectivity index (χ0) is 20.0. The number of aromatic nitrogens is 1. The van der Waals surface area contributed by atoms with E-state index in [-0.39, 0.29) is 23.8 Å². The fourth-order valence-electron chi connectivity index (χ4n) is 2.64. The van der Waals surface area contributed by atoms with Crippen molar-refractivity contribution in [1.29, 1.82) is 0 Å². The summed E-state index contributed by atoms with van der Waals surface area (Å²) in [6.07, 6.45) is 1.65. The molecule has 0 aliphatic rings. The molecule has 2 N–H and O–H groups in total. The molecule has 146 valence electrons. The number of methoxy groups -OCH3 is 1. The van der Waals surface area contributed by atoms with Gasteiger partial charge in [-0.2, -0.15) is 0 Å². The first-order valence-corrected chi connectivity index (χ1v) is 10.2. The molecule has 0 radical (unpaired) electrons. The van der Waals surface area contributed by atoms with Crippen molar-refractivity contribution in [1.82, 2.24) is 15.0 Å². The molecule has 7 nitrogen and oxygen atoms in total. The number of hydrogen-bond donors (Lipinski definition) is 2. The van der Waals surface area contributed by atoms with Gasteiger partial charge in [0.2, 0.25) is 21.8 Å².